The minimum Gasteiger partial charge on any atom is -0.310 e. The summed E-state index contributed by atoms with van der Waals surface area (Å²) in [5, 5.41) is 3.32. The van der Waals surface area contributed by atoms with E-state index in [1.54, 1.807) is 0 Å². The van der Waals surface area contributed by atoms with Crippen molar-refractivity contribution in [2.45, 2.75) is 52.5 Å². The van der Waals surface area contributed by atoms with Crippen molar-refractivity contribution in [2.75, 3.05) is 6.54 Å². The predicted octanol–water partition coefficient (Wildman–Crippen LogP) is 5.59. The van der Waals surface area contributed by atoms with Crippen molar-refractivity contribution in [1.82, 2.24) is 5.32 Å². The second-order valence-electron chi connectivity index (χ2n) is 5.13. The lowest BCUT2D eigenvalue weighted by molar-refractivity contribution is 0.319. The van der Waals surface area contributed by atoms with Gasteiger partial charge in [0.1, 0.15) is 11.6 Å². The van der Waals surface area contributed by atoms with E-state index < -0.39 is 5.82 Å². The van der Waals surface area contributed by atoms with Crippen molar-refractivity contribution in [3.8, 4) is 0 Å². The zero-order chi connectivity index (χ0) is 15.1. The second-order valence-corrected chi connectivity index (χ2v) is 5.99. The van der Waals surface area contributed by atoms with Gasteiger partial charge in [-0.15, -0.1) is 0 Å². The number of halogens is 3. The van der Waals surface area contributed by atoms with Crippen LogP contribution in [0.25, 0.3) is 0 Å². The molecular weight excluding hydrogens is 324 g/mol. The third kappa shape index (κ3) is 4.52. The molecule has 0 saturated carbocycles. The highest BCUT2D eigenvalue weighted by atomic mass is 79.9. The van der Waals surface area contributed by atoms with Gasteiger partial charge in [-0.2, -0.15) is 0 Å². The van der Waals surface area contributed by atoms with Crippen molar-refractivity contribution >= 4 is 15.9 Å². The van der Waals surface area contributed by atoms with Gasteiger partial charge in [0, 0.05) is 11.6 Å². The molecule has 0 saturated heterocycles. The summed E-state index contributed by atoms with van der Waals surface area (Å²) in [6.45, 7) is 6.99. The van der Waals surface area contributed by atoms with E-state index in [-0.39, 0.29) is 16.3 Å². The molecule has 0 aromatic heterocycles. The van der Waals surface area contributed by atoms with Gasteiger partial charge in [0.15, 0.2) is 0 Å². The highest BCUT2D eigenvalue weighted by molar-refractivity contribution is 9.10. The van der Waals surface area contributed by atoms with Crippen molar-refractivity contribution in [2.24, 2.45) is 5.92 Å². The summed E-state index contributed by atoms with van der Waals surface area (Å²) < 4.78 is 28.1. The molecule has 4 heteroatoms. The third-order valence-electron chi connectivity index (χ3n) is 3.72. The number of hydrogen-bond donors (Lipinski definition) is 1. The van der Waals surface area contributed by atoms with E-state index in [9.17, 15) is 8.78 Å². The Morgan fingerprint density at radius 2 is 1.85 bits per heavy atom. The molecule has 0 fully saturated rings. The first-order valence-electron chi connectivity index (χ1n) is 7.42. The van der Waals surface area contributed by atoms with Gasteiger partial charge in [0.25, 0.3) is 0 Å². The molecule has 0 aliphatic heterocycles. The molecule has 1 nitrogen and oxygen atoms in total. The maximum absolute atomic E-state index is 14.2. The Hall–Kier alpha value is -0.480. The Morgan fingerprint density at radius 3 is 2.40 bits per heavy atom. The van der Waals surface area contributed by atoms with E-state index in [0.717, 1.165) is 32.2 Å². The lowest BCUT2D eigenvalue weighted by Gasteiger charge is -2.28. The standard InChI is InChI=1S/C16H24BrF2N/c1-4-7-8-11(5-2)16(20-6-3)12-9-15(19)13(17)10-14(12)18/h9-11,16,20H,4-8H2,1-3H3. The molecule has 1 aromatic rings. The molecule has 0 radical (unpaired) electrons. The second kappa shape index (κ2) is 8.73. The number of nitrogens with one attached hydrogen (secondary N) is 1. The predicted molar refractivity (Wildman–Crippen MR) is 83.8 cm³/mol. The Kier molecular flexibility index (Phi) is 7.67. The molecule has 1 rings (SSSR count). The molecule has 20 heavy (non-hydrogen) atoms. The van der Waals surface area contributed by atoms with Crippen molar-refractivity contribution < 1.29 is 8.78 Å². The average molecular weight is 348 g/mol. The van der Waals surface area contributed by atoms with Crippen LogP contribution in [-0.2, 0) is 0 Å². The Balaban J connectivity index is 3.08. The van der Waals surface area contributed by atoms with Crippen LogP contribution in [0, 0.1) is 17.6 Å². The fraction of sp³-hybridized carbons (Fsp3) is 0.625. The van der Waals surface area contributed by atoms with Gasteiger partial charge in [-0.05, 0) is 46.9 Å². The molecule has 2 atom stereocenters. The van der Waals surface area contributed by atoms with Crippen LogP contribution in [0.1, 0.15) is 58.1 Å². The average Bonchev–Trinajstić information content (AvgIpc) is 2.42. The maximum Gasteiger partial charge on any atom is 0.137 e. The van der Waals surface area contributed by atoms with Crippen LogP contribution < -0.4 is 5.32 Å². The number of rotatable bonds is 8. The quantitative estimate of drug-likeness (QED) is 0.604. The molecule has 0 heterocycles. The number of unbranched alkanes of at least 4 members (excludes halogenated alkanes) is 1. The van der Waals surface area contributed by atoms with Crippen LogP contribution in [0.4, 0.5) is 8.78 Å². The maximum atomic E-state index is 14.2. The fourth-order valence-electron chi connectivity index (χ4n) is 2.60. The van der Waals surface area contributed by atoms with E-state index in [2.05, 4.69) is 35.1 Å². The topological polar surface area (TPSA) is 12.0 Å². The molecule has 0 bridgehead atoms. The van der Waals surface area contributed by atoms with E-state index in [4.69, 9.17) is 0 Å². The van der Waals surface area contributed by atoms with Crippen molar-refractivity contribution in [1.29, 1.82) is 0 Å². The van der Waals surface area contributed by atoms with Crippen LogP contribution in [0.2, 0.25) is 0 Å². The van der Waals surface area contributed by atoms with Gasteiger partial charge >= 0.3 is 0 Å². The summed E-state index contributed by atoms with van der Waals surface area (Å²) in [5.74, 6) is -0.432. The minimum atomic E-state index is -0.408. The van der Waals surface area contributed by atoms with E-state index in [1.807, 2.05) is 6.92 Å². The first kappa shape index (κ1) is 17.6. The van der Waals surface area contributed by atoms with Crippen LogP contribution >= 0.6 is 15.9 Å². The van der Waals surface area contributed by atoms with Gasteiger partial charge in [-0.25, -0.2) is 8.78 Å². The summed E-state index contributed by atoms with van der Waals surface area (Å²) in [6, 6.07) is 2.42. The zero-order valence-corrected chi connectivity index (χ0v) is 14.1. The third-order valence-corrected chi connectivity index (χ3v) is 4.33. The summed E-state index contributed by atoms with van der Waals surface area (Å²) in [6.07, 6.45) is 4.21. The number of hydrogen-bond acceptors (Lipinski definition) is 1. The van der Waals surface area contributed by atoms with Crippen LogP contribution in [-0.4, -0.2) is 6.54 Å². The van der Waals surface area contributed by atoms with E-state index >= 15 is 0 Å². The Bertz CT molecular complexity index is 423. The highest BCUT2D eigenvalue weighted by Gasteiger charge is 2.24. The normalized spacial score (nSPS) is 14.3. The van der Waals surface area contributed by atoms with Crippen molar-refractivity contribution in [3.05, 3.63) is 33.8 Å². The van der Waals surface area contributed by atoms with Gasteiger partial charge in [0.05, 0.1) is 4.47 Å². The van der Waals surface area contributed by atoms with Crippen LogP contribution in [0.15, 0.2) is 16.6 Å². The summed E-state index contributed by atoms with van der Waals surface area (Å²) in [7, 11) is 0. The largest absolute Gasteiger partial charge is 0.310 e. The minimum absolute atomic E-state index is 0.126. The molecule has 1 N–H and O–H groups in total. The van der Waals surface area contributed by atoms with Crippen molar-refractivity contribution in [3.63, 3.8) is 0 Å². The Labute approximate surface area is 129 Å². The fourth-order valence-corrected chi connectivity index (χ4v) is 2.91. The Morgan fingerprint density at radius 1 is 1.15 bits per heavy atom. The van der Waals surface area contributed by atoms with Gasteiger partial charge in [-0.3, -0.25) is 0 Å². The molecule has 0 spiro atoms. The van der Waals surface area contributed by atoms with E-state index in [0.29, 0.717) is 11.5 Å². The first-order valence-corrected chi connectivity index (χ1v) is 8.22. The summed E-state index contributed by atoms with van der Waals surface area (Å²) >= 11 is 3.03. The summed E-state index contributed by atoms with van der Waals surface area (Å²) in [4.78, 5) is 0. The van der Waals surface area contributed by atoms with Crippen LogP contribution in [0.3, 0.4) is 0 Å². The summed E-state index contributed by atoms with van der Waals surface area (Å²) in [5.41, 5.74) is 0.440. The van der Waals surface area contributed by atoms with Gasteiger partial charge in [0.2, 0.25) is 0 Å². The molecule has 114 valence electrons. The molecule has 1 aromatic carbocycles. The lowest BCUT2D eigenvalue weighted by atomic mass is 9.86. The smallest absolute Gasteiger partial charge is 0.137 e. The van der Waals surface area contributed by atoms with Crippen LogP contribution in [0.5, 0.6) is 0 Å². The van der Waals surface area contributed by atoms with E-state index in [1.165, 1.54) is 12.1 Å². The molecule has 0 amide bonds. The lowest BCUT2D eigenvalue weighted by Crippen LogP contribution is -2.29. The molecular formula is C16H24BrF2N. The van der Waals surface area contributed by atoms with Gasteiger partial charge < -0.3 is 5.32 Å². The molecule has 0 aliphatic rings. The monoisotopic (exact) mass is 347 g/mol. The molecule has 0 aliphatic carbocycles. The zero-order valence-electron chi connectivity index (χ0n) is 12.5. The number of benzene rings is 1. The van der Waals surface area contributed by atoms with Gasteiger partial charge in [-0.1, -0.05) is 40.0 Å². The SMILES string of the molecule is CCCCC(CC)C(NCC)c1cc(F)c(Br)cc1F. The molecule has 2 unspecified atom stereocenters. The first-order chi connectivity index (χ1) is 9.54. The highest BCUT2D eigenvalue weighted by Crippen LogP contribution is 2.32.